The van der Waals surface area contributed by atoms with E-state index < -0.39 is 0 Å². The van der Waals surface area contributed by atoms with Crippen molar-refractivity contribution < 1.29 is 4.39 Å². The van der Waals surface area contributed by atoms with Crippen LogP contribution in [0.5, 0.6) is 0 Å². The summed E-state index contributed by atoms with van der Waals surface area (Å²) in [7, 11) is 0. The molecule has 2 rings (SSSR count). The maximum absolute atomic E-state index is 13.3. The third kappa shape index (κ3) is 2.50. The van der Waals surface area contributed by atoms with Crippen molar-refractivity contribution in [2.75, 3.05) is 5.32 Å². The van der Waals surface area contributed by atoms with Gasteiger partial charge in [0, 0.05) is 5.38 Å². The summed E-state index contributed by atoms with van der Waals surface area (Å²) in [6, 6.07) is 4.97. The molecule has 0 amide bonds. The standard InChI is InChI=1S/C10H10FN3S/c1-7-2-3-9(11)10(4-7)12-5-8-6-15-14-13-8/h2-4,6,12H,5H2,1H3. The van der Waals surface area contributed by atoms with E-state index in [0.29, 0.717) is 12.2 Å². The minimum absolute atomic E-state index is 0.246. The Balaban J connectivity index is 2.07. The monoisotopic (exact) mass is 223 g/mol. The molecule has 78 valence electrons. The van der Waals surface area contributed by atoms with Crippen LogP contribution in [0, 0.1) is 12.7 Å². The van der Waals surface area contributed by atoms with Crippen molar-refractivity contribution in [3.63, 3.8) is 0 Å². The number of aryl methyl sites for hydroxylation is 1. The SMILES string of the molecule is Cc1ccc(F)c(NCc2csnn2)c1. The summed E-state index contributed by atoms with van der Waals surface area (Å²) in [5, 5.41) is 8.69. The number of halogens is 1. The number of hydrogen-bond acceptors (Lipinski definition) is 4. The Morgan fingerprint density at radius 3 is 3.07 bits per heavy atom. The number of aromatic nitrogens is 2. The summed E-state index contributed by atoms with van der Waals surface area (Å²) < 4.78 is 17.0. The van der Waals surface area contributed by atoms with E-state index in [4.69, 9.17) is 0 Å². The first kappa shape index (κ1) is 10.0. The van der Waals surface area contributed by atoms with Gasteiger partial charge in [-0.25, -0.2) is 4.39 Å². The van der Waals surface area contributed by atoms with Gasteiger partial charge in [0.1, 0.15) is 5.82 Å². The summed E-state index contributed by atoms with van der Waals surface area (Å²) in [4.78, 5) is 0. The number of anilines is 1. The smallest absolute Gasteiger partial charge is 0.146 e. The van der Waals surface area contributed by atoms with Gasteiger partial charge in [-0.05, 0) is 36.2 Å². The van der Waals surface area contributed by atoms with Crippen LogP contribution in [0.3, 0.4) is 0 Å². The molecule has 15 heavy (non-hydrogen) atoms. The molecule has 2 aromatic rings. The first-order valence-corrected chi connectivity index (χ1v) is 5.35. The van der Waals surface area contributed by atoms with Gasteiger partial charge in [-0.15, -0.1) is 5.10 Å². The van der Waals surface area contributed by atoms with Gasteiger partial charge < -0.3 is 5.32 Å². The first-order valence-electron chi connectivity index (χ1n) is 4.51. The van der Waals surface area contributed by atoms with Crippen molar-refractivity contribution in [1.82, 2.24) is 9.59 Å². The molecule has 0 atom stereocenters. The molecule has 3 nitrogen and oxygen atoms in total. The van der Waals surface area contributed by atoms with Crippen LogP contribution in [-0.2, 0) is 6.54 Å². The molecule has 0 aliphatic heterocycles. The largest absolute Gasteiger partial charge is 0.377 e. The molecule has 0 radical (unpaired) electrons. The molecular weight excluding hydrogens is 213 g/mol. The zero-order valence-electron chi connectivity index (χ0n) is 8.20. The van der Waals surface area contributed by atoms with E-state index in [1.165, 1.54) is 17.6 Å². The predicted octanol–water partition coefficient (Wildman–Crippen LogP) is 2.60. The van der Waals surface area contributed by atoms with Crippen molar-refractivity contribution in [2.45, 2.75) is 13.5 Å². The predicted molar refractivity (Wildman–Crippen MR) is 58.4 cm³/mol. The summed E-state index contributed by atoms with van der Waals surface area (Å²) in [6.45, 7) is 2.42. The summed E-state index contributed by atoms with van der Waals surface area (Å²) in [5.74, 6) is -0.246. The van der Waals surface area contributed by atoms with Crippen LogP contribution in [-0.4, -0.2) is 9.59 Å². The van der Waals surface area contributed by atoms with Gasteiger partial charge in [-0.1, -0.05) is 10.6 Å². The Labute approximate surface area is 91.1 Å². The lowest BCUT2D eigenvalue weighted by Gasteiger charge is -2.06. The average Bonchev–Trinajstić information content (AvgIpc) is 2.72. The van der Waals surface area contributed by atoms with Crippen LogP contribution in [0.1, 0.15) is 11.3 Å². The van der Waals surface area contributed by atoms with Gasteiger partial charge in [0.2, 0.25) is 0 Å². The molecule has 0 aliphatic carbocycles. The second kappa shape index (κ2) is 4.35. The number of nitrogens with one attached hydrogen (secondary N) is 1. The second-order valence-electron chi connectivity index (χ2n) is 3.23. The van der Waals surface area contributed by atoms with Crippen LogP contribution >= 0.6 is 11.5 Å². The maximum atomic E-state index is 13.3. The van der Waals surface area contributed by atoms with Crippen LogP contribution in [0.15, 0.2) is 23.6 Å². The maximum Gasteiger partial charge on any atom is 0.146 e. The molecule has 1 N–H and O–H groups in total. The molecule has 5 heteroatoms. The molecule has 0 fully saturated rings. The Hall–Kier alpha value is -1.49. The Morgan fingerprint density at radius 2 is 2.33 bits per heavy atom. The third-order valence-corrected chi connectivity index (χ3v) is 2.54. The number of benzene rings is 1. The Kier molecular flexibility index (Phi) is 2.91. The first-order chi connectivity index (χ1) is 7.25. The van der Waals surface area contributed by atoms with E-state index in [0.717, 1.165) is 11.3 Å². The summed E-state index contributed by atoms with van der Waals surface area (Å²) in [5.41, 5.74) is 2.35. The van der Waals surface area contributed by atoms with Gasteiger partial charge in [0.15, 0.2) is 0 Å². The molecule has 0 spiro atoms. The quantitative estimate of drug-likeness (QED) is 0.869. The summed E-state index contributed by atoms with van der Waals surface area (Å²) in [6.07, 6.45) is 0. The van der Waals surface area contributed by atoms with Gasteiger partial charge in [-0.2, -0.15) is 0 Å². The van der Waals surface area contributed by atoms with E-state index in [1.54, 1.807) is 12.1 Å². The molecule has 0 saturated heterocycles. The molecular formula is C10H10FN3S. The number of rotatable bonds is 3. The van der Waals surface area contributed by atoms with E-state index in [-0.39, 0.29) is 5.82 Å². The minimum Gasteiger partial charge on any atom is -0.377 e. The molecule has 1 aromatic heterocycles. The molecule has 0 unspecified atom stereocenters. The van der Waals surface area contributed by atoms with Gasteiger partial charge >= 0.3 is 0 Å². The molecule has 0 saturated carbocycles. The number of nitrogens with zero attached hydrogens (tertiary/aromatic N) is 2. The minimum atomic E-state index is -0.246. The Bertz CT molecular complexity index is 442. The Morgan fingerprint density at radius 1 is 1.47 bits per heavy atom. The van der Waals surface area contributed by atoms with Crippen LogP contribution < -0.4 is 5.32 Å². The lowest BCUT2D eigenvalue weighted by molar-refractivity contribution is 0.629. The lowest BCUT2D eigenvalue weighted by Crippen LogP contribution is -2.02. The van der Waals surface area contributed by atoms with E-state index >= 15 is 0 Å². The topological polar surface area (TPSA) is 37.8 Å². The van der Waals surface area contributed by atoms with Crippen molar-refractivity contribution >= 4 is 17.2 Å². The van der Waals surface area contributed by atoms with Crippen molar-refractivity contribution in [1.29, 1.82) is 0 Å². The normalized spacial score (nSPS) is 10.3. The van der Waals surface area contributed by atoms with E-state index in [9.17, 15) is 4.39 Å². The highest BCUT2D eigenvalue weighted by Gasteiger charge is 2.02. The van der Waals surface area contributed by atoms with Gasteiger partial charge in [-0.3, -0.25) is 0 Å². The second-order valence-corrected chi connectivity index (χ2v) is 3.84. The van der Waals surface area contributed by atoms with Crippen LogP contribution in [0.2, 0.25) is 0 Å². The zero-order chi connectivity index (χ0) is 10.7. The zero-order valence-corrected chi connectivity index (χ0v) is 9.01. The van der Waals surface area contributed by atoms with Crippen LogP contribution in [0.4, 0.5) is 10.1 Å². The van der Waals surface area contributed by atoms with Crippen LogP contribution in [0.25, 0.3) is 0 Å². The van der Waals surface area contributed by atoms with E-state index in [1.807, 2.05) is 12.3 Å². The van der Waals surface area contributed by atoms with Gasteiger partial charge in [0.25, 0.3) is 0 Å². The lowest BCUT2D eigenvalue weighted by atomic mass is 10.2. The highest BCUT2D eigenvalue weighted by Crippen LogP contribution is 2.16. The third-order valence-electron chi connectivity index (χ3n) is 1.99. The summed E-state index contributed by atoms with van der Waals surface area (Å²) >= 11 is 1.29. The van der Waals surface area contributed by atoms with Crippen molar-refractivity contribution in [2.24, 2.45) is 0 Å². The highest BCUT2D eigenvalue weighted by atomic mass is 32.1. The average molecular weight is 223 g/mol. The fourth-order valence-electron chi connectivity index (χ4n) is 1.22. The molecule has 1 aromatic carbocycles. The fourth-order valence-corrected chi connectivity index (χ4v) is 1.67. The van der Waals surface area contributed by atoms with Crippen molar-refractivity contribution in [3.8, 4) is 0 Å². The molecule has 1 heterocycles. The number of hydrogen-bond donors (Lipinski definition) is 1. The molecule has 0 aliphatic rings. The van der Waals surface area contributed by atoms with Gasteiger partial charge in [0.05, 0.1) is 17.9 Å². The fraction of sp³-hybridized carbons (Fsp3) is 0.200. The van der Waals surface area contributed by atoms with Crippen molar-refractivity contribution in [3.05, 3.63) is 40.7 Å². The highest BCUT2D eigenvalue weighted by molar-refractivity contribution is 7.03. The van der Waals surface area contributed by atoms with E-state index in [2.05, 4.69) is 14.9 Å². The molecule has 0 bridgehead atoms.